The highest BCUT2D eigenvalue weighted by atomic mass is 16.2. The van der Waals surface area contributed by atoms with E-state index in [4.69, 9.17) is 0 Å². The summed E-state index contributed by atoms with van der Waals surface area (Å²) in [4.78, 5) is 22.0. The summed E-state index contributed by atoms with van der Waals surface area (Å²) in [5, 5.41) is 5.76. The van der Waals surface area contributed by atoms with Gasteiger partial charge in [0.1, 0.15) is 0 Å². The van der Waals surface area contributed by atoms with Crippen LogP contribution in [0.25, 0.3) is 0 Å². The van der Waals surface area contributed by atoms with Gasteiger partial charge in [0.25, 0.3) is 0 Å². The molecule has 2 rings (SSSR count). The zero-order valence-corrected chi connectivity index (χ0v) is 11.9. The molecule has 6 heteroatoms. The summed E-state index contributed by atoms with van der Waals surface area (Å²) >= 11 is 0. The quantitative estimate of drug-likeness (QED) is 0.854. The molecule has 1 aliphatic rings. The van der Waals surface area contributed by atoms with Gasteiger partial charge in [0.05, 0.1) is 12.2 Å². The highest BCUT2D eigenvalue weighted by molar-refractivity contribution is 5.74. The van der Waals surface area contributed by atoms with E-state index >= 15 is 0 Å². The normalized spacial score (nSPS) is 19.7. The van der Waals surface area contributed by atoms with Crippen molar-refractivity contribution >= 4 is 12.0 Å². The number of amides is 2. The third kappa shape index (κ3) is 3.56. The summed E-state index contributed by atoms with van der Waals surface area (Å²) in [5.74, 6) is 0.642. The first kappa shape index (κ1) is 13.6. The maximum absolute atomic E-state index is 11.7. The molecular weight excluding hydrogens is 242 g/mol. The molecule has 0 radical (unpaired) electrons. The average Bonchev–Trinajstić information content (AvgIpc) is 2.94. The number of urea groups is 1. The van der Waals surface area contributed by atoms with Crippen molar-refractivity contribution in [3.63, 3.8) is 0 Å². The number of aromatic nitrogens is 2. The molecular formula is C13H21N5O. The Kier molecular flexibility index (Phi) is 3.59. The summed E-state index contributed by atoms with van der Waals surface area (Å²) in [5.41, 5.74) is 1.04. The fourth-order valence-corrected chi connectivity index (χ4v) is 1.79. The molecule has 6 nitrogen and oxygen atoms in total. The van der Waals surface area contributed by atoms with Crippen LogP contribution < -0.4 is 15.5 Å². The van der Waals surface area contributed by atoms with Crippen LogP contribution in [0.4, 0.5) is 10.7 Å². The summed E-state index contributed by atoms with van der Waals surface area (Å²) < 4.78 is 0. The fraction of sp³-hybridized carbons (Fsp3) is 0.615. The van der Waals surface area contributed by atoms with Crippen LogP contribution in [0.5, 0.6) is 0 Å². The molecule has 19 heavy (non-hydrogen) atoms. The van der Waals surface area contributed by atoms with E-state index in [9.17, 15) is 4.79 Å². The molecule has 0 unspecified atom stereocenters. The van der Waals surface area contributed by atoms with Gasteiger partial charge in [0, 0.05) is 26.3 Å². The zero-order valence-electron chi connectivity index (χ0n) is 11.9. The number of rotatable bonds is 4. The Morgan fingerprint density at radius 1 is 1.53 bits per heavy atom. The number of carbonyl (C=O) groups is 1. The largest absolute Gasteiger partial charge is 0.347 e. The Morgan fingerprint density at radius 3 is 2.79 bits per heavy atom. The van der Waals surface area contributed by atoms with E-state index in [1.165, 1.54) is 0 Å². The second-order valence-corrected chi connectivity index (χ2v) is 5.81. The Bertz CT molecular complexity index is 472. The van der Waals surface area contributed by atoms with E-state index in [0.717, 1.165) is 12.1 Å². The zero-order chi connectivity index (χ0) is 14.0. The second-order valence-electron chi connectivity index (χ2n) is 5.81. The SMILES string of the molecule is CN(C)c1nccc(CNC(=O)N[C@H]2CC2(C)C)n1. The molecule has 1 aromatic heterocycles. The summed E-state index contributed by atoms with van der Waals surface area (Å²) in [7, 11) is 3.77. The predicted molar refractivity (Wildman–Crippen MR) is 73.9 cm³/mol. The van der Waals surface area contributed by atoms with Gasteiger partial charge >= 0.3 is 6.03 Å². The molecule has 0 saturated heterocycles. The first-order chi connectivity index (χ1) is 8.88. The van der Waals surface area contributed by atoms with Crippen molar-refractivity contribution in [1.29, 1.82) is 0 Å². The molecule has 2 amide bonds. The minimum Gasteiger partial charge on any atom is -0.347 e. The molecule has 2 N–H and O–H groups in total. The van der Waals surface area contributed by atoms with Gasteiger partial charge < -0.3 is 15.5 Å². The third-order valence-corrected chi connectivity index (χ3v) is 3.35. The molecule has 0 aromatic carbocycles. The Balaban J connectivity index is 1.82. The molecule has 0 spiro atoms. The van der Waals surface area contributed by atoms with E-state index in [1.54, 1.807) is 12.3 Å². The number of hydrogen-bond donors (Lipinski definition) is 2. The summed E-state index contributed by atoms with van der Waals surface area (Å²) in [6, 6.07) is 1.95. The molecule has 1 fully saturated rings. The number of nitrogens with zero attached hydrogens (tertiary/aromatic N) is 3. The van der Waals surface area contributed by atoms with Gasteiger partial charge in [-0.05, 0) is 17.9 Å². The topological polar surface area (TPSA) is 70.2 Å². The third-order valence-electron chi connectivity index (χ3n) is 3.35. The minimum absolute atomic E-state index is 0.138. The predicted octanol–water partition coefficient (Wildman–Crippen LogP) is 1.14. The van der Waals surface area contributed by atoms with Gasteiger partial charge in [-0.15, -0.1) is 0 Å². The number of nitrogens with one attached hydrogen (secondary N) is 2. The highest BCUT2D eigenvalue weighted by Crippen LogP contribution is 2.44. The highest BCUT2D eigenvalue weighted by Gasteiger charge is 2.46. The van der Waals surface area contributed by atoms with Crippen LogP contribution in [0.1, 0.15) is 26.0 Å². The molecule has 1 heterocycles. The minimum atomic E-state index is -0.138. The lowest BCUT2D eigenvalue weighted by Crippen LogP contribution is -2.38. The van der Waals surface area contributed by atoms with Crippen molar-refractivity contribution < 1.29 is 4.79 Å². The van der Waals surface area contributed by atoms with Crippen LogP contribution in [0, 0.1) is 5.41 Å². The average molecular weight is 263 g/mol. The Morgan fingerprint density at radius 2 is 2.21 bits per heavy atom. The molecule has 1 aromatic rings. The van der Waals surface area contributed by atoms with Crippen LogP contribution in [0.3, 0.4) is 0 Å². The Hall–Kier alpha value is -1.85. The first-order valence-electron chi connectivity index (χ1n) is 6.42. The van der Waals surface area contributed by atoms with Crippen molar-refractivity contribution in [3.05, 3.63) is 18.0 Å². The Labute approximate surface area is 113 Å². The van der Waals surface area contributed by atoms with Crippen molar-refractivity contribution in [1.82, 2.24) is 20.6 Å². The molecule has 0 bridgehead atoms. The van der Waals surface area contributed by atoms with Crippen LogP contribution >= 0.6 is 0 Å². The summed E-state index contributed by atoms with van der Waals surface area (Å²) in [6.07, 6.45) is 2.74. The van der Waals surface area contributed by atoms with E-state index in [1.807, 2.05) is 19.0 Å². The van der Waals surface area contributed by atoms with Gasteiger partial charge in [0.2, 0.25) is 5.95 Å². The lowest BCUT2D eigenvalue weighted by Gasteiger charge is -2.12. The van der Waals surface area contributed by atoms with Crippen molar-refractivity contribution in [2.75, 3.05) is 19.0 Å². The van der Waals surface area contributed by atoms with Crippen molar-refractivity contribution in [2.45, 2.75) is 32.9 Å². The second kappa shape index (κ2) is 5.03. The fourth-order valence-electron chi connectivity index (χ4n) is 1.79. The maximum atomic E-state index is 11.7. The number of hydrogen-bond acceptors (Lipinski definition) is 4. The van der Waals surface area contributed by atoms with Gasteiger partial charge in [-0.2, -0.15) is 0 Å². The van der Waals surface area contributed by atoms with Crippen LogP contribution in [0.15, 0.2) is 12.3 Å². The van der Waals surface area contributed by atoms with E-state index < -0.39 is 0 Å². The molecule has 0 aliphatic heterocycles. The molecule has 1 saturated carbocycles. The van der Waals surface area contributed by atoms with Crippen LogP contribution in [-0.4, -0.2) is 36.1 Å². The molecule has 104 valence electrons. The van der Waals surface area contributed by atoms with Crippen LogP contribution in [-0.2, 0) is 6.54 Å². The number of anilines is 1. The number of carbonyl (C=O) groups excluding carboxylic acids is 1. The monoisotopic (exact) mass is 263 g/mol. The maximum Gasteiger partial charge on any atom is 0.315 e. The molecule has 1 atom stereocenters. The smallest absolute Gasteiger partial charge is 0.315 e. The van der Waals surface area contributed by atoms with Crippen LogP contribution in [0.2, 0.25) is 0 Å². The summed E-state index contributed by atoms with van der Waals surface area (Å²) in [6.45, 7) is 4.69. The lowest BCUT2D eigenvalue weighted by atomic mass is 10.2. The lowest BCUT2D eigenvalue weighted by molar-refractivity contribution is 0.238. The van der Waals surface area contributed by atoms with Gasteiger partial charge in [0.15, 0.2) is 0 Å². The standard InChI is InChI=1S/C13H21N5O/c1-13(2)7-10(13)17-12(19)15-8-9-5-6-14-11(16-9)18(3)4/h5-6,10H,7-8H2,1-4H3,(H2,15,17,19)/t10-/m0/s1. The van der Waals surface area contributed by atoms with E-state index in [-0.39, 0.29) is 17.5 Å². The van der Waals surface area contributed by atoms with E-state index in [2.05, 4.69) is 34.4 Å². The van der Waals surface area contributed by atoms with Gasteiger partial charge in [-0.1, -0.05) is 13.8 Å². The van der Waals surface area contributed by atoms with E-state index in [0.29, 0.717) is 12.5 Å². The van der Waals surface area contributed by atoms with Gasteiger partial charge in [-0.3, -0.25) is 0 Å². The van der Waals surface area contributed by atoms with Crippen molar-refractivity contribution in [3.8, 4) is 0 Å². The first-order valence-corrected chi connectivity index (χ1v) is 6.42. The van der Waals surface area contributed by atoms with Gasteiger partial charge in [-0.25, -0.2) is 14.8 Å². The molecule has 1 aliphatic carbocycles. The van der Waals surface area contributed by atoms with Crippen molar-refractivity contribution in [2.24, 2.45) is 5.41 Å².